The number of rotatable bonds is 7. The standard InChI is InChI=1S/C25H25FN4OS/c26-21-6-2-1-5-18(21)10-13-30-16-29-24-23(25(30)31)20-8-7-19(14-22(20)32-24)28-12-9-17-4-3-11-27-15-17/h1-6,11,15-16,19,28H,7-10,12-14H2. The van der Waals surface area contributed by atoms with Crippen molar-refractivity contribution in [2.75, 3.05) is 6.54 Å². The van der Waals surface area contributed by atoms with Gasteiger partial charge < -0.3 is 5.32 Å². The Morgan fingerprint density at radius 3 is 2.94 bits per heavy atom. The second-order valence-corrected chi connectivity index (χ2v) is 9.36. The Bertz CT molecular complexity index is 1280. The lowest BCUT2D eigenvalue weighted by Crippen LogP contribution is -2.35. The average Bonchev–Trinajstić information content (AvgIpc) is 3.19. The summed E-state index contributed by atoms with van der Waals surface area (Å²) in [6.45, 7) is 1.34. The molecule has 4 aromatic rings. The summed E-state index contributed by atoms with van der Waals surface area (Å²) in [6.07, 6.45) is 9.56. The number of nitrogens with zero attached hydrogens (tertiary/aromatic N) is 3. The Kier molecular flexibility index (Phi) is 6.10. The lowest BCUT2D eigenvalue weighted by atomic mass is 9.93. The van der Waals surface area contributed by atoms with Gasteiger partial charge in [0.25, 0.3) is 5.56 Å². The van der Waals surface area contributed by atoms with Crippen LogP contribution in [0.4, 0.5) is 4.39 Å². The fraction of sp³-hybridized carbons (Fsp3) is 0.320. The summed E-state index contributed by atoms with van der Waals surface area (Å²) in [5.41, 5.74) is 3.01. The minimum Gasteiger partial charge on any atom is -0.313 e. The Hall–Kier alpha value is -2.90. The lowest BCUT2D eigenvalue weighted by molar-refractivity contribution is 0.466. The first kappa shape index (κ1) is 21.0. The van der Waals surface area contributed by atoms with Crippen molar-refractivity contribution in [3.05, 3.63) is 92.9 Å². The Morgan fingerprint density at radius 2 is 2.09 bits per heavy atom. The average molecular weight is 449 g/mol. The van der Waals surface area contributed by atoms with Gasteiger partial charge in [-0.3, -0.25) is 14.3 Å². The van der Waals surface area contributed by atoms with E-state index in [-0.39, 0.29) is 11.4 Å². The molecule has 3 aromatic heterocycles. The number of pyridine rings is 1. The summed E-state index contributed by atoms with van der Waals surface area (Å²) in [5.74, 6) is -0.232. The first-order valence-corrected chi connectivity index (χ1v) is 11.9. The predicted molar refractivity (Wildman–Crippen MR) is 126 cm³/mol. The second kappa shape index (κ2) is 9.30. The van der Waals surface area contributed by atoms with Gasteiger partial charge in [0.05, 0.1) is 11.7 Å². The van der Waals surface area contributed by atoms with Gasteiger partial charge in [-0.1, -0.05) is 24.3 Å². The summed E-state index contributed by atoms with van der Waals surface area (Å²) in [4.78, 5) is 24.0. The van der Waals surface area contributed by atoms with Crippen LogP contribution in [0.2, 0.25) is 0 Å². The fourth-order valence-electron chi connectivity index (χ4n) is 4.44. The van der Waals surface area contributed by atoms with Crippen molar-refractivity contribution in [1.82, 2.24) is 19.9 Å². The van der Waals surface area contributed by atoms with Crippen LogP contribution >= 0.6 is 11.3 Å². The van der Waals surface area contributed by atoms with Crippen LogP contribution in [-0.2, 0) is 32.2 Å². The van der Waals surface area contributed by atoms with Crippen molar-refractivity contribution in [2.24, 2.45) is 0 Å². The minimum atomic E-state index is -0.232. The van der Waals surface area contributed by atoms with E-state index in [1.807, 2.05) is 18.3 Å². The highest BCUT2D eigenvalue weighted by Gasteiger charge is 2.25. The van der Waals surface area contributed by atoms with Crippen molar-refractivity contribution in [3.63, 3.8) is 0 Å². The monoisotopic (exact) mass is 448 g/mol. The molecule has 1 aliphatic carbocycles. The maximum absolute atomic E-state index is 13.9. The number of nitrogens with one attached hydrogen (secondary N) is 1. The van der Waals surface area contributed by atoms with Gasteiger partial charge in [0.1, 0.15) is 10.6 Å². The number of hydrogen-bond donors (Lipinski definition) is 1. The van der Waals surface area contributed by atoms with E-state index in [1.54, 1.807) is 40.6 Å². The highest BCUT2D eigenvalue weighted by molar-refractivity contribution is 7.18. The molecule has 7 heteroatoms. The molecule has 1 atom stereocenters. The zero-order chi connectivity index (χ0) is 21.9. The summed E-state index contributed by atoms with van der Waals surface area (Å²) in [6, 6.07) is 11.2. The predicted octanol–water partition coefficient (Wildman–Crippen LogP) is 3.92. The van der Waals surface area contributed by atoms with E-state index in [0.29, 0.717) is 24.6 Å². The molecule has 1 aliphatic rings. The fourth-order valence-corrected chi connectivity index (χ4v) is 5.70. The Labute approximate surface area is 190 Å². The quantitative estimate of drug-likeness (QED) is 0.466. The Balaban J connectivity index is 1.28. The third-order valence-electron chi connectivity index (χ3n) is 6.19. The van der Waals surface area contributed by atoms with Gasteiger partial charge in [-0.2, -0.15) is 0 Å². The molecule has 5 rings (SSSR count). The van der Waals surface area contributed by atoms with E-state index in [1.165, 1.54) is 16.5 Å². The van der Waals surface area contributed by atoms with E-state index in [0.717, 1.165) is 48.0 Å². The molecule has 3 heterocycles. The lowest BCUT2D eigenvalue weighted by Gasteiger charge is -2.23. The van der Waals surface area contributed by atoms with Gasteiger partial charge >= 0.3 is 0 Å². The van der Waals surface area contributed by atoms with Crippen LogP contribution < -0.4 is 10.9 Å². The molecule has 164 valence electrons. The summed E-state index contributed by atoms with van der Waals surface area (Å²) in [7, 11) is 0. The first-order valence-electron chi connectivity index (χ1n) is 11.0. The van der Waals surface area contributed by atoms with Crippen LogP contribution in [0, 0.1) is 5.82 Å². The van der Waals surface area contributed by atoms with Crippen molar-refractivity contribution in [3.8, 4) is 0 Å². The largest absolute Gasteiger partial charge is 0.313 e. The van der Waals surface area contributed by atoms with Crippen LogP contribution in [0.5, 0.6) is 0 Å². The van der Waals surface area contributed by atoms with E-state index < -0.39 is 0 Å². The van der Waals surface area contributed by atoms with Crippen molar-refractivity contribution in [1.29, 1.82) is 0 Å². The maximum atomic E-state index is 13.9. The highest BCUT2D eigenvalue weighted by atomic mass is 32.1. The molecule has 0 fully saturated rings. The molecule has 0 saturated carbocycles. The molecule has 0 bridgehead atoms. The van der Waals surface area contributed by atoms with Gasteiger partial charge in [-0.25, -0.2) is 9.37 Å². The van der Waals surface area contributed by atoms with Gasteiger partial charge in [0.15, 0.2) is 0 Å². The molecule has 0 radical (unpaired) electrons. The third-order valence-corrected chi connectivity index (χ3v) is 7.35. The zero-order valence-electron chi connectivity index (χ0n) is 17.8. The second-order valence-electron chi connectivity index (χ2n) is 8.27. The number of thiophene rings is 1. The molecule has 0 saturated heterocycles. The molecule has 32 heavy (non-hydrogen) atoms. The number of aromatic nitrogens is 3. The van der Waals surface area contributed by atoms with Crippen LogP contribution in [-0.4, -0.2) is 27.1 Å². The van der Waals surface area contributed by atoms with Gasteiger partial charge in [-0.05, 0) is 67.5 Å². The maximum Gasteiger partial charge on any atom is 0.262 e. The molecular formula is C25H25FN4OS. The SMILES string of the molecule is O=c1c2c3c(sc2ncn1CCc1ccccc1F)CC(NCCc1cccnc1)CC3. The smallest absolute Gasteiger partial charge is 0.262 e. The molecule has 1 N–H and O–H groups in total. The van der Waals surface area contributed by atoms with Gasteiger partial charge in [0, 0.05) is 29.9 Å². The molecule has 0 aliphatic heterocycles. The van der Waals surface area contributed by atoms with Gasteiger partial charge in [0.2, 0.25) is 0 Å². The van der Waals surface area contributed by atoms with Crippen molar-refractivity contribution >= 4 is 21.6 Å². The first-order chi connectivity index (χ1) is 15.7. The third kappa shape index (κ3) is 4.36. The summed E-state index contributed by atoms with van der Waals surface area (Å²) in [5, 5.41) is 4.42. The molecular weight excluding hydrogens is 423 g/mol. The minimum absolute atomic E-state index is 0.00757. The Morgan fingerprint density at radius 1 is 1.19 bits per heavy atom. The van der Waals surface area contributed by atoms with Crippen LogP contribution in [0.15, 0.2) is 59.9 Å². The van der Waals surface area contributed by atoms with Crippen LogP contribution in [0.3, 0.4) is 0 Å². The van der Waals surface area contributed by atoms with Crippen LogP contribution in [0.25, 0.3) is 10.2 Å². The normalized spacial score (nSPS) is 15.7. The number of aryl methyl sites for hydroxylation is 3. The number of halogens is 1. The van der Waals surface area contributed by atoms with E-state index in [4.69, 9.17) is 0 Å². The summed E-state index contributed by atoms with van der Waals surface area (Å²) < 4.78 is 15.6. The van der Waals surface area contributed by atoms with Crippen molar-refractivity contribution < 1.29 is 4.39 Å². The summed E-state index contributed by atoms with van der Waals surface area (Å²) >= 11 is 1.64. The highest BCUT2D eigenvalue weighted by Crippen LogP contribution is 2.33. The van der Waals surface area contributed by atoms with Crippen LogP contribution in [0.1, 0.15) is 28.0 Å². The van der Waals surface area contributed by atoms with E-state index >= 15 is 0 Å². The molecule has 5 nitrogen and oxygen atoms in total. The molecule has 1 unspecified atom stereocenters. The molecule has 1 aromatic carbocycles. The van der Waals surface area contributed by atoms with Gasteiger partial charge in [-0.15, -0.1) is 11.3 Å². The van der Waals surface area contributed by atoms with Crippen molar-refractivity contribution in [2.45, 2.75) is 44.7 Å². The number of benzene rings is 1. The molecule has 0 amide bonds. The topological polar surface area (TPSA) is 59.8 Å². The number of hydrogen-bond acceptors (Lipinski definition) is 5. The number of fused-ring (bicyclic) bond motifs is 3. The van der Waals surface area contributed by atoms with E-state index in [9.17, 15) is 9.18 Å². The van der Waals surface area contributed by atoms with E-state index in [2.05, 4.69) is 21.4 Å². The molecule has 0 spiro atoms. The zero-order valence-corrected chi connectivity index (χ0v) is 18.6.